The number of carbonyl (C=O) groups excluding carboxylic acids is 1. The Hall–Kier alpha value is -0.900. The third-order valence-corrected chi connectivity index (χ3v) is 1.41. The van der Waals surface area contributed by atoms with E-state index in [-0.39, 0.29) is 11.9 Å². The summed E-state index contributed by atoms with van der Waals surface area (Å²) >= 11 is 5.23. The van der Waals surface area contributed by atoms with Crippen molar-refractivity contribution in [1.82, 2.24) is 14.8 Å². The van der Waals surface area contributed by atoms with Crippen molar-refractivity contribution in [3.05, 3.63) is 12.2 Å². The molecule has 1 aromatic rings. The van der Waals surface area contributed by atoms with Gasteiger partial charge in [-0.1, -0.05) is 0 Å². The van der Waals surface area contributed by atoms with E-state index >= 15 is 0 Å². The maximum absolute atomic E-state index is 10.7. The normalized spacial score (nSPS) is 10.5. The SMILES string of the molecule is CC(C)n1ncnc1C(=O)Cl. The largest absolute Gasteiger partial charge is 0.289 e. The van der Waals surface area contributed by atoms with Gasteiger partial charge in [0.2, 0.25) is 5.82 Å². The van der Waals surface area contributed by atoms with E-state index in [2.05, 4.69) is 10.1 Å². The van der Waals surface area contributed by atoms with Crippen molar-refractivity contribution in [3.8, 4) is 0 Å². The first-order valence-corrected chi connectivity index (χ1v) is 3.60. The maximum atomic E-state index is 10.7. The number of hydrogen-bond donors (Lipinski definition) is 0. The Bertz CT molecular complexity index is 269. The van der Waals surface area contributed by atoms with Gasteiger partial charge in [0.1, 0.15) is 6.33 Å². The summed E-state index contributed by atoms with van der Waals surface area (Å²) in [7, 11) is 0. The minimum Gasteiger partial charge on any atom is -0.272 e. The molecule has 1 heterocycles. The highest BCUT2D eigenvalue weighted by Crippen LogP contribution is 2.06. The zero-order chi connectivity index (χ0) is 8.43. The van der Waals surface area contributed by atoms with E-state index in [1.165, 1.54) is 11.0 Å². The zero-order valence-electron chi connectivity index (χ0n) is 6.28. The van der Waals surface area contributed by atoms with E-state index in [4.69, 9.17) is 11.6 Å². The molecule has 0 aliphatic carbocycles. The van der Waals surface area contributed by atoms with E-state index in [0.717, 1.165) is 0 Å². The lowest BCUT2D eigenvalue weighted by Crippen LogP contribution is -2.10. The van der Waals surface area contributed by atoms with E-state index in [1.54, 1.807) is 0 Å². The first-order valence-electron chi connectivity index (χ1n) is 3.22. The second-order valence-corrected chi connectivity index (χ2v) is 2.74. The molecule has 0 spiro atoms. The topological polar surface area (TPSA) is 47.8 Å². The van der Waals surface area contributed by atoms with Crippen LogP contribution in [0.4, 0.5) is 0 Å². The van der Waals surface area contributed by atoms with E-state index in [0.29, 0.717) is 0 Å². The summed E-state index contributed by atoms with van der Waals surface area (Å²) in [5.41, 5.74) is 0. The maximum Gasteiger partial charge on any atom is 0.289 e. The van der Waals surface area contributed by atoms with Crippen LogP contribution in [0.2, 0.25) is 0 Å². The van der Waals surface area contributed by atoms with Gasteiger partial charge in [-0.25, -0.2) is 9.67 Å². The van der Waals surface area contributed by atoms with Crippen molar-refractivity contribution in [1.29, 1.82) is 0 Å². The van der Waals surface area contributed by atoms with Gasteiger partial charge in [-0.2, -0.15) is 5.10 Å². The van der Waals surface area contributed by atoms with E-state index < -0.39 is 5.24 Å². The van der Waals surface area contributed by atoms with E-state index in [9.17, 15) is 4.79 Å². The van der Waals surface area contributed by atoms with Crippen LogP contribution in [0.5, 0.6) is 0 Å². The lowest BCUT2D eigenvalue weighted by molar-refractivity contribution is 0.106. The van der Waals surface area contributed by atoms with Crippen LogP contribution in [0.15, 0.2) is 6.33 Å². The van der Waals surface area contributed by atoms with Crippen molar-refractivity contribution in [3.63, 3.8) is 0 Å². The van der Waals surface area contributed by atoms with Crippen molar-refractivity contribution in [2.45, 2.75) is 19.9 Å². The van der Waals surface area contributed by atoms with Gasteiger partial charge < -0.3 is 0 Å². The van der Waals surface area contributed by atoms with Crippen molar-refractivity contribution >= 4 is 16.8 Å². The number of halogens is 1. The highest BCUT2D eigenvalue weighted by Gasteiger charge is 2.12. The highest BCUT2D eigenvalue weighted by atomic mass is 35.5. The molecule has 60 valence electrons. The fourth-order valence-electron chi connectivity index (χ4n) is 0.769. The molecule has 0 bridgehead atoms. The van der Waals surface area contributed by atoms with Crippen LogP contribution >= 0.6 is 11.6 Å². The minimum absolute atomic E-state index is 0.107. The Balaban J connectivity index is 3.06. The lowest BCUT2D eigenvalue weighted by atomic mass is 10.4. The van der Waals surface area contributed by atoms with Crippen molar-refractivity contribution in [2.24, 2.45) is 0 Å². The molecular weight excluding hydrogens is 166 g/mol. The number of rotatable bonds is 2. The average molecular weight is 174 g/mol. The molecule has 0 aliphatic heterocycles. The van der Waals surface area contributed by atoms with Crippen molar-refractivity contribution in [2.75, 3.05) is 0 Å². The third kappa shape index (κ3) is 1.57. The number of nitrogens with zero attached hydrogens (tertiary/aromatic N) is 3. The lowest BCUT2D eigenvalue weighted by Gasteiger charge is -2.05. The molecule has 0 saturated carbocycles. The molecule has 0 amide bonds. The molecule has 4 nitrogen and oxygen atoms in total. The molecule has 0 aliphatic rings. The standard InChI is InChI=1S/C6H8ClN3O/c1-4(2)10-6(5(7)11)8-3-9-10/h3-4H,1-2H3. The Labute approximate surface area is 69.2 Å². The molecule has 1 rings (SSSR count). The fourth-order valence-corrected chi connectivity index (χ4v) is 0.904. The summed E-state index contributed by atoms with van der Waals surface area (Å²) in [4.78, 5) is 14.4. The Kier molecular flexibility index (Phi) is 2.24. The summed E-state index contributed by atoms with van der Waals surface area (Å²) in [6.45, 7) is 3.80. The molecule has 0 radical (unpaired) electrons. The Morgan fingerprint density at radius 3 is 2.73 bits per heavy atom. The van der Waals surface area contributed by atoms with Crippen LogP contribution < -0.4 is 0 Å². The van der Waals surface area contributed by atoms with Crippen LogP contribution in [0.1, 0.15) is 30.5 Å². The second kappa shape index (κ2) is 3.00. The van der Waals surface area contributed by atoms with Crippen LogP contribution in [-0.4, -0.2) is 20.0 Å². The average Bonchev–Trinajstić information content (AvgIpc) is 2.32. The summed E-state index contributed by atoms with van der Waals surface area (Å²) in [5.74, 6) is 0.196. The van der Waals surface area contributed by atoms with Crippen LogP contribution in [-0.2, 0) is 0 Å². The van der Waals surface area contributed by atoms with Crippen LogP contribution in [0.25, 0.3) is 0 Å². The summed E-state index contributed by atoms with van der Waals surface area (Å²) in [6.07, 6.45) is 1.32. The molecule has 1 aromatic heterocycles. The molecule has 0 unspecified atom stereocenters. The number of carbonyl (C=O) groups is 1. The first-order chi connectivity index (χ1) is 5.13. The summed E-state index contributed by atoms with van der Waals surface area (Å²) in [5, 5.41) is 3.26. The molecular formula is C6H8ClN3O. The fraction of sp³-hybridized carbons (Fsp3) is 0.500. The predicted molar refractivity (Wildman–Crippen MR) is 40.6 cm³/mol. The van der Waals surface area contributed by atoms with Gasteiger partial charge in [0, 0.05) is 6.04 Å². The smallest absolute Gasteiger partial charge is 0.272 e. The van der Waals surface area contributed by atoms with Gasteiger partial charge in [0.25, 0.3) is 5.24 Å². The molecule has 0 N–H and O–H groups in total. The molecule has 5 heteroatoms. The van der Waals surface area contributed by atoms with Crippen molar-refractivity contribution < 1.29 is 4.79 Å². The van der Waals surface area contributed by atoms with Gasteiger partial charge in [0.15, 0.2) is 0 Å². The zero-order valence-corrected chi connectivity index (χ0v) is 7.04. The Morgan fingerprint density at radius 1 is 1.73 bits per heavy atom. The molecule has 0 atom stereocenters. The van der Waals surface area contributed by atoms with Gasteiger partial charge in [-0.15, -0.1) is 0 Å². The van der Waals surface area contributed by atoms with E-state index in [1.807, 2.05) is 13.8 Å². The minimum atomic E-state index is -0.573. The van der Waals surface area contributed by atoms with Crippen LogP contribution in [0.3, 0.4) is 0 Å². The quantitative estimate of drug-likeness (QED) is 0.633. The Morgan fingerprint density at radius 2 is 2.36 bits per heavy atom. The summed E-state index contributed by atoms with van der Waals surface area (Å²) < 4.78 is 1.48. The first kappa shape index (κ1) is 8.20. The molecule has 0 saturated heterocycles. The number of hydrogen-bond acceptors (Lipinski definition) is 3. The highest BCUT2D eigenvalue weighted by molar-refractivity contribution is 6.67. The molecule has 0 fully saturated rings. The summed E-state index contributed by atoms with van der Waals surface area (Å²) in [6, 6.07) is 0.107. The van der Waals surface area contributed by atoms with Crippen LogP contribution in [0, 0.1) is 0 Å². The van der Waals surface area contributed by atoms with Gasteiger partial charge in [-0.3, -0.25) is 4.79 Å². The third-order valence-electron chi connectivity index (χ3n) is 1.24. The van der Waals surface area contributed by atoms with Gasteiger partial charge >= 0.3 is 0 Å². The monoisotopic (exact) mass is 173 g/mol. The second-order valence-electron chi connectivity index (χ2n) is 2.40. The predicted octanol–water partition coefficient (Wildman–Crippen LogP) is 1.24. The van der Waals surface area contributed by atoms with Gasteiger partial charge in [0.05, 0.1) is 0 Å². The molecule has 11 heavy (non-hydrogen) atoms. The molecule has 0 aromatic carbocycles. The number of aromatic nitrogens is 3. The van der Waals surface area contributed by atoms with Gasteiger partial charge in [-0.05, 0) is 25.4 Å².